The van der Waals surface area contributed by atoms with Gasteiger partial charge in [-0.1, -0.05) is 24.3 Å². The summed E-state index contributed by atoms with van der Waals surface area (Å²) in [5, 5.41) is 0.770. The maximum atomic E-state index is 11.8. The fraction of sp³-hybridized carbons (Fsp3) is 0.333. The molecule has 8 heteroatoms. The van der Waals surface area contributed by atoms with Crippen molar-refractivity contribution in [3.05, 3.63) is 68.9 Å². The molecular formula is C24H23N3O5. The Morgan fingerprint density at radius 1 is 0.844 bits per heavy atom. The Bertz CT molecular complexity index is 1430. The second-order valence-corrected chi connectivity index (χ2v) is 8.27. The molecular weight excluding hydrogens is 410 g/mol. The zero-order chi connectivity index (χ0) is 21.7. The third-order valence-corrected chi connectivity index (χ3v) is 6.48. The van der Waals surface area contributed by atoms with Gasteiger partial charge in [0, 0.05) is 51.1 Å². The van der Waals surface area contributed by atoms with Gasteiger partial charge in [-0.3, -0.25) is 4.90 Å². The van der Waals surface area contributed by atoms with E-state index in [4.69, 9.17) is 13.6 Å². The molecule has 1 fully saturated rings. The molecule has 6 rings (SSSR count). The van der Waals surface area contributed by atoms with Crippen LogP contribution in [0.15, 0.2) is 60.9 Å². The number of ether oxygens (including phenoxy) is 1. The number of hydrogen-bond donors (Lipinski definition) is 0. The van der Waals surface area contributed by atoms with Gasteiger partial charge in [-0.2, -0.15) is 0 Å². The van der Waals surface area contributed by atoms with Crippen molar-refractivity contribution < 1.29 is 13.6 Å². The van der Waals surface area contributed by atoms with Gasteiger partial charge in [0.05, 0.1) is 17.8 Å². The van der Waals surface area contributed by atoms with E-state index in [1.54, 1.807) is 0 Å². The molecule has 2 aliphatic heterocycles. The first-order valence-corrected chi connectivity index (χ1v) is 11.0. The number of piperazine rings is 1. The number of nitrogens with zero attached hydrogens (tertiary/aromatic N) is 3. The highest BCUT2D eigenvalue weighted by Gasteiger charge is 2.24. The van der Waals surface area contributed by atoms with E-state index in [2.05, 4.69) is 28.0 Å². The monoisotopic (exact) mass is 433 g/mol. The van der Waals surface area contributed by atoms with Crippen LogP contribution >= 0.6 is 0 Å². The average Bonchev–Trinajstić information content (AvgIpc) is 3.41. The van der Waals surface area contributed by atoms with Crippen LogP contribution in [0.4, 0.5) is 5.69 Å². The Hall–Kier alpha value is -3.52. The summed E-state index contributed by atoms with van der Waals surface area (Å²) in [7, 11) is 0. The van der Waals surface area contributed by atoms with E-state index >= 15 is 0 Å². The Morgan fingerprint density at radius 2 is 1.66 bits per heavy atom. The molecule has 4 heterocycles. The molecule has 0 aliphatic carbocycles. The Kier molecular flexibility index (Phi) is 4.53. The average molecular weight is 433 g/mol. The molecule has 0 saturated carbocycles. The second-order valence-electron chi connectivity index (χ2n) is 8.27. The molecule has 0 bridgehead atoms. The van der Waals surface area contributed by atoms with Crippen LogP contribution in [0.5, 0.6) is 5.75 Å². The zero-order valence-electron chi connectivity index (χ0n) is 17.6. The molecule has 4 aromatic rings. The van der Waals surface area contributed by atoms with E-state index in [0.717, 1.165) is 62.4 Å². The smallest absolute Gasteiger partial charge is 0.424 e. The minimum absolute atomic E-state index is 0.312. The summed E-state index contributed by atoms with van der Waals surface area (Å²) >= 11 is 0. The summed E-state index contributed by atoms with van der Waals surface area (Å²) < 4.78 is 18.4. The van der Waals surface area contributed by atoms with Gasteiger partial charge in [0.1, 0.15) is 5.75 Å². The number of anilines is 1. The van der Waals surface area contributed by atoms with E-state index in [0.29, 0.717) is 17.8 Å². The van der Waals surface area contributed by atoms with Crippen LogP contribution in [0.3, 0.4) is 0 Å². The van der Waals surface area contributed by atoms with Crippen molar-refractivity contribution >= 4 is 27.9 Å². The number of benzene rings is 2. The molecule has 0 radical (unpaired) electrons. The van der Waals surface area contributed by atoms with Gasteiger partial charge >= 0.3 is 11.3 Å². The van der Waals surface area contributed by atoms with E-state index in [9.17, 15) is 9.59 Å². The zero-order valence-corrected chi connectivity index (χ0v) is 17.6. The molecule has 32 heavy (non-hydrogen) atoms. The molecule has 0 N–H and O–H groups in total. The predicted octanol–water partition coefficient (Wildman–Crippen LogP) is 2.46. The predicted molar refractivity (Wildman–Crippen MR) is 121 cm³/mol. The quantitative estimate of drug-likeness (QED) is 0.457. The molecule has 8 nitrogen and oxygen atoms in total. The third-order valence-electron chi connectivity index (χ3n) is 6.48. The fourth-order valence-corrected chi connectivity index (χ4v) is 4.83. The summed E-state index contributed by atoms with van der Waals surface area (Å²) in [6, 6.07) is 14.0. The molecule has 0 spiro atoms. The highest BCUT2D eigenvalue weighted by molar-refractivity contribution is 6.02. The van der Waals surface area contributed by atoms with Crippen molar-refractivity contribution in [2.75, 3.05) is 44.2 Å². The fourth-order valence-electron chi connectivity index (χ4n) is 4.83. The summed E-state index contributed by atoms with van der Waals surface area (Å²) in [4.78, 5) is 28.3. The van der Waals surface area contributed by atoms with E-state index in [1.807, 2.05) is 28.8 Å². The van der Waals surface area contributed by atoms with Gasteiger partial charge in [-0.25, -0.2) is 9.59 Å². The molecule has 2 aliphatic rings. The largest absolute Gasteiger partial charge is 0.491 e. The SMILES string of the molecule is O=c1oc2c3ccccc3n(CCN3CCN(c4cccc5c4OCC5)CC3)c2oc1=O. The molecule has 0 amide bonds. The maximum Gasteiger partial charge on any atom is 0.424 e. The Morgan fingerprint density at radius 3 is 2.53 bits per heavy atom. The lowest BCUT2D eigenvalue weighted by Gasteiger charge is -2.36. The van der Waals surface area contributed by atoms with Gasteiger partial charge in [-0.05, 0) is 23.8 Å². The summed E-state index contributed by atoms with van der Waals surface area (Å²) in [5.74, 6) is 1.04. The number of fused-ring (bicyclic) bond motifs is 4. The molecule has 0 atom stereocenters. The van der Waals surface area contributed by atoms with Crippen LogP contribution in [-0.4, -0.2) is 48.8 Å². The lowest BCUT2D eigenvalue weighted by atomic mass is 10.1. The second kappa shape index (κ2) is 7.56. The normalized spacial score (nSPS) is 16.6. The minimum atomic E-state index is -0.979. The van der Waals surface area contributed by atoms with Crippen molar-refractivity contribution in [3.63, 3.8) is 0 Å². The van der Waals surface area contributed by atoms with Gasteiger partial charge in [0.15, 0.2) is 0 Å². The first-order chi connectivity index (χ1) is 15.7. The third kappa shape index (κ3) is 3.10. The number of hydrogen-bond acceptors (Lipinski definition) is 7. The van der Waals surface area contributed by atoms with E-state index in [1.165, 1.54) is 11.3 Å². The van der Waals surface area contributed by atoms with Crippen LogP contribution in [-0.2, 0) is 13.0 Å². The standard InChI is InChI=1S/C24H23N3O5/c28-23-24(29)32-22-21(31-23)17-5-1-2-6-18(17)27(22)14-11-25-9-12-26(13-10-25)19-7-3-4-16-8-15-30-20(16)19/h1-7H,8-15H2. The van der Waals surface area contributed by atoms with Crippen LogP contribution in [0.25, 0.3) is 22.2 Å². The number of aromatic nitrogens is 1. The summed E-state index contributed by atoms with van der Waals surface area (Å²) in [6.07, 6.45) is 0.984. The lowest BCUT2D eigenvalue weighted by molar-refractivity contribution is 0.248. The van der Waals surface area contributed by atoms with Crippen molar-refractivity contribution in [2.45, 2.75) is 13.0 Å². The highest BCUT2D eigenvalue weighted by atomic mass is 16.5. The van der Waals surface area contributed by atoms with Crippen LogP contribution in [0, 0.1) is 0 Å². The van der Waals surface area contributed by atoms with Gasteiger partial charge in [-0.15, -0.1) is 0 Å². The van der Waals surface area contributed by atoms with E-state index in [-0.39, 0.29) is 0 Å². The summed E-state index contributed by atoms with van der Waals surface area (Å²) in [6.45, 7) is 5.91. The Labute approximate surface area is 183 Å². The van der Waals surface area contributed by atoms with Crippen molar-refractivity contribution in [3.8, 4) is 5.75 Å². The summed E-state index contributed by atoms with van der Waals surface area (Å²) in [5.41, 5.74) is 2.05. The minimum Gasteiger partial charge on any atom is -0.491 e. The van der Waals surface area contributed by atoms with Gasteiger partial charge in [0.25, 0.3) is 0 Å². The molecule has 1 saturated heterocycles. The molecule has 164 valence electrons. The first-order valence-electron chi connectivity index (χ1n) is 11.0. The first kappa shape index (κ1) is 19.2. The highest BCUT2D eigenvalue weighted by Crippen LogP contribution is 2.36. The molecule has 2 aromatic carbocycles. The number of para-hydroxylation sites is 2. The topological polar surface area (TPSA) is 81.1 Å². The van der Waals surface area contributed by atoms with Gasteiger partial charge < -0.3 is 23.0 Å². The van der Waals surface area contributed by atoms with Crippen LogP contribution in [0.1, 0.15) is 5.56 Å². The van der Waals surface area contributed by atoms with Crippen LogP contribution in [0.2, 0.25) is 0 Å². The molecule has 0 unspecified atom stereocenters. The van der Waals surface area contributed by atoms with Crippen molar-refractivity contribution in [2.24, 2.45) is 0 Å². The van der Waals surface area contributed by atoms with Gasteiger partial charge in [0.2, 0.25) is 11.3 Å². The van der Waals surface area contributed by atoms with Crippen molar-refractivity contribution in [1.82, 2.24) is 9.47 Å². The Balaban J connectivity index is 1.21. The number of rotatable bonds is 4. The maximum absolute atomic E-state index is 11.8. The van der Waals surface area contributed by atoms with E-state index < -0.39 is 11.3 Å². The van der Waals surface area contributed by atoms with Crippen molar-refractivity contribution in [1.29, 1.82) is 0 Å². The molecule has 2 aromatic heterocycles. The lowest BCUT2D eigenvalue weighted by Crippen LogP contribution is -2.47. The van der Waals surface area contributed by atoms with Crippen LogP contribution < -0.4 is 20.9 Å².